The zero-order chi connectivity index (χ0) is 11.4. The first-order valence-electron chi connectivity index (χ1n) is 3.89. The van der Waals surface area contributed by atoms with E-state index in [4.69, 9.17) is 33.7 Å². The Hall–Kier alpha value is -1.55. The molecule has 15 heavy (non-hydrogen) atoms. The standard InChI is InChI=1S/C10H4Cl2N2O/c11-8-3-1-2-7(9(8)12)10(15)6(4-13)5-14/h1-3,6H. The molecule has 0 aliphatic carbocycles. The minimum absolute atomic E-state index is 0.0691. The van der Waals surface area contributed by atoms with E-state index >= 15 is 0 Å². The Kier molecular flexibility index (Phi) is 3.68. The number of rotatable bonds is 2. The quantitative estimate of drug-likeness (QED) is 0.745. The maximum Gasteiger partial charge on any atom is 0.195 e. The average molecular weight is 239 g/mol. The van der Waals surface area contributed by atoms with E-state index < -0.39 is 11.7 Å². The minimum Gasteiger partial charge on any atom is -0.291 e. The molecular formula is C10H4Cl2N2O. The zero-order valence-corrected chi connectivity index (χ0v) is 8.88. The van der Waals surface area contributed by atoms with Crippen molar-refractivity contribution in [3.63, 3.8) is 0 Å². The Labute approximate surface area is 96.4 Å². The minimum atomic E-state index is -1.35. The molecule has 0 fully saturated rings. The maximum absolute atomic E-state index is 11.6. The van der Waals surface area contributed by atoms with Gasteiger partial charge < -0.3 is 0 Å². The third-order valence-electron chi connectivity index (χ3n) is 1.74. The molecule has 0 aliphatic rings. The fraction of sp³-hybridized carbons (Fsp3) is 0.100. The number of carbonyl (C=O) groups excluding carboxylic acids is 1. The topological polar surface area (TPSA) is 64.7 Å². The van der Waals surface area contributed by atoms with Crippen molar-refractivity contribution in [3.05, 3.63) is 33.8 Å². The highest BCUT2D eigenvalue weighted by atomic mass is 35.5. The summed E-state index contributed by atoms with van der Waals surface area (Å²) in [5, 5.41) is 17.4. The molecule has 0 amide bonds. The number of halogens is 2. The number of hydrogen-bond donors (Lipinski definition) is 0. The van der Waals surface area contributed by atoms with Crippen LogP contribution in [0.1, 0.15) is 10.4 Å². The van der Waals surface area contributed by atoms with Gasteiger partial charge in [-0.15, -0.1) is 0 Å². The molecule has 74 valence electrons. The first-order valence-corrected chi connectivity index (χ1v) is 4.65. The third-order valence-corrected chi connectivity index (χ3v) is 2.56. The molecule has 0 unspecified atom stereocenters. The second-order valence-electron chi connectivity index (χ2n) is 2.66. The summed E-state index contributed by atoms with van der Waals surface area (Å²) >= 11 is 11.5. The Morgan fingerprint density at radius 2 is 1.87 bits per heavy atom. The van der Waals surface area contributed by atoms with Crippen molar-refractivity contribution in [1.82, 2.24) is 0 Å². The molecule has 0 N–H and O–H groups in total. The van der Waals surface area contributed by atoms with Crippen molar-refractivity contribution in [2.45, 2.75) is 0 Å². The molecule has 1 aromatic rings. The van der Waals surface area contributed by atoms with Crippen LogP contribution in [-0.4, -0.2) is 5.78 Å². The van der Waals surface area contributed by atoms with E-state index in [0.717, 1.165) is 0 Å². The molecular weight excluding hydrogens is 235 g/mol. The molecule has 0 bridgehead atoms. The van der Waals surface area contributed by atoms with Crippen LogP contribution in [0, 0.1) is 28.6 Å². The SMILES string of the molecule is N#CC(C#N)C(=O)c1cccc(Cl)c1Cl. The Balaban J connectivity index is 3.20. The van der Waals surface area contributed by atoms with Gasteiger partial charge in [0.05, 0.1) is 22.2 Å². The van der Waals surface area contributed by atoms with Gasteiger partial charge in [0.1, 0.15) is 0 Å². The first kappa shape index (κ1) is 11.5. The van der Waals surface area contributed by atoms with Gasteiger partial charge >= 0.3 is 0 Å². The van der Waals surface area contributed by atoms with Crippen LogP contribution in [0.25, 0.3) is 0 Å². The average Bonchev–Trinajstić information content (AvgIpc) is 2.23. The molecule has 5 heteroatoms. The van der Waals surface area contributed by atoms with E-state index in [9.17, 15) is 4.79 Å². The molecule has 0 aromatic heterocycles. The van der Waals surface area contributed by atoms with Crippen molar-refractivity contribution < 1.29 is 4.79 Å². The van der Waals surface area contributed by atoms with Gasteiger partial charge in [0.2, 0.25) is 0 Å². The lowest BCUT2D eigenvalue weighted by Gasteiger charge is -2.04. The summed E-state index contributed by atoms with van der Waals surface area (Å²) in [6, 6.07) is 7.65. The molecule has 1 rings (SSSR count). The fourth-order valence-corrected chi connectivity index (χ4v) is 1.39. The van der Waals surface area contributed by atoms with E-state index in [-0.39, 0.29) is 15.6 Å². The Morgan fingerprint density at radius 1 is 1.27 bits per heavy atom. The number of nitriles is 2. The monoisotopic (exact) mass is 238 g/mol. The predicted molar refractivity (Wildman–Crippen MR) is 55.5 cm³/mol. The molecule has 0 saturated carbocycles. The van der Waals surface area contributed by atoms with Crippen molar-refractivity contribution in [2.24, 2.45) is 5.92 Å². The summed E-state index contributed by atoms with van der Waals surface area (Å²) in [4.78, 5) is 11.6. The van der Waals surface area contributed by atoms with Gasteiger partial charge in [-0.3, -0.25) is 4.79 Å². The molecule has 0 heterocycles. The van der Waals surface area contributed by atoms with Crippen molar-refractivity contribution in [3.8, 4) is 12.1 Å². The van der Waals surface area contributed by atoms with Gasteiger partial charge in [-0.25, -0.2) is 0 Å². The maximum atomic E-state index is 11.6. The normalized spacial score (nSPS) is 9.40. The van der Waals surface area contributed by atoms with Gasteiger partial charge in [0, 0.05) is 5.56 Å². The number of ketones is 1. The Bertz CT molecular complexity index is 471. The predicted octanol–water partition coefficient (Wildman–Crippen LogP) is 2.84. The first-order chi connectivity index (χ1) is 7.11. The van der Waals surface area contributed by atoms with E-state index in [2.05, 4.69) is 0 Å². The molecule has 0 spiro atoms. The molecule has 1 aromatic carbocycles. The molecule has 3 nitrogen and oxygen atoms in total. The highest BCUT2D eigenvalue weighted by Gasteiger charge is 2.22. The molecule has 0 saturated heterocycles. The van der Waals surface area contributed by atoms with Crippen LogP contribution >= 0.6 is 23.2 Å². The highest BCUT2D eigenvalue weighted by molar-refractivity contribution is 6.44. The van der Waals surface area contributed by atoms with Gasteiger partial charge in [-0.05, 0) is 12.1 Å². The smallest absolute Gasteiger partial charge is 0.195 e. The lowest BCUT2D eigenvalue weighted by atomic mass is 10.0. The van der Waals surface area contributed by atoms with Crippen molar-refractivity contribution >= 4 is 29.0 Å². The fourth-order valence-electron chi connectivity index (χ4n) is 0.996. The lowest BCUT2D eigenvalue weighted by Crippen LogP contribution is -2.11. The van der Waals surface area contributed by atoms with Crippen LogP contribution in [0.5, 0.6) is 0 Å². The Morgan fingerprint density at radius 3 is 2.40 bits per heavy atom. The second-order valence-corrected chi connectivity index (χ2v) is 3.44. The lowest BCUT2D eigenvalue weighted by molar-refractivity contribution is 0.0971. The number of hydrogen-bond acceptors (Lipinski definition) is 3. The number of benzene rings is 1. The van der Waals surface area contributed by atoms with Crippen molar-refractivity contribution in [2.75, 3.05) is 0 Å². The summed E-state index contributed by atoms with van der Waals surface area (Å²) in [7, 11) is 0. The van der Waals surface area contributed by atoms with Crippen molar-refractivity contribution in [1.29, 1.82) is 10.5 Å². The highest BCUT2D eigenvalue weighted by Crippen LogP contribution is 2.27. The number of carbonyl (C=O) groups is 1. The summed E-state index contributed by atoms with van der Waals surface area (Å²) in [6.07, 6.45) is 0. The summed E-state index contributed by atoms with van der Waals surface area (Å²) in [5.74, 6) is -1.98. The molecule has 0 radical (unpaired) electrons. The van der Waals surface area contributed by atoms with E-state index in [1.807, 2.05) is 0 Å². The largest absolute Gasteiger partial charge is 0.291 e. The summed E-state index contributed by atoms with van der Waals surface area (Å²) in [5.41, 5.74) is 0.0947. The van der Waals surface area contributed by atoms with Crippen LogP contribution < -0.4 is 0 Å². The summed E-state index contributed by atoms with van der Waals surface area (Å²) in [6.45, 7) is 0. The zero-order valence-electron chi connectivity index (χ0n) is 7.37. The van der Waals surface area contributed by atoms with Gasteiger partial charge in [-0.2, -0.15) is 10.5 Å². The van der Waals surface area contributed by atoms with Gasteiger partial charge in [0.15, 0.2) is 11.7 Å². The number of nitrogens with zero attached hydrogens (tertiary/aromatic N) is 2. The molecule has 0 aliphatic heterocycles. The van der Waals surface area contributed by atoms with Gasteiger partial charge in [0.25, 0.3) is 0 Å². The van der Waals surface area contributed by atoms with E-state index in [1.165, 1.54) is 18.2 Å². The van der Waals surface area contributed by atoms with Crippen LogP contribution in [0.15, 0.2) is 18.2 Å². The third kappa shape index (κ3) is 2.27. The van der Waals surface area contributed by atoms with E-state index in [0.29, 0.717) is 0 Å². The van der Waals surface area contributed by atoms with Gasteiger partial charge in [-0.1, -0.05) is 29.3 Å². The molecule has 0 atom stereocenters. The number of Topliss-reactive ketones (excluding diaryl/α,β-unsaturated/α-hetero) is 1. The van der Waals surface area contributed by atoms with Crippen LogP contribution in [-0.2, 0) is 0 Å². The van der Waals surface area contributed by atoms with Crippen LogP contribution in [0.3, 0.4) is 0 Å². The summed E-state index contributed by atoms with van der Waals surface area (Å²) < 4.78 is 0. The van der Waals surface area contributed by atoms with Crippen LogP contribution in [0.4, 0.5) is 0 Å². The second kappa shape index (κ2) is 4.79. The van der Waals surface area contributed by atoms with Crippen LogP contribution in [0.2, 0.25) is 10.0 Å². The van der Waals surface area contributed by atoms with E-state index in [1.54, 1.807) is 12.1 Å².